The van der Waals surface area contributed by atoms with Crippen molar-refractivity contribution in [1.82, 2.24) is 25.0 Å². The largest absolute Gasteiger partial charge is 0.315 e. The highest BCUT2D eigenvalue weighted by molar-refractivity contribution is 7.90. The first kappa shape index (κ1) is 13.4. The second-order valence-corrected chi connectivity index (χ2v) is 6.47. The molecule has 0 amide bonds. The van der Waals surface area contributed by atoms with Crippen LogP contribution in [0.15, 0.2) is 12.4 Å². The molecule has 1 fully saturated rings. The van der Waals surface area contributed by atoms with Gasteiger partial charge in [-0.2, -0.15) is 0 Å². The molecule has 0 aromatic carbocycles. The van der Waals surface area contributed by atoms with Crippen LogP contribution in [0.2, 0.25) is 0 Å². The molecule has 102 valence electrons. The highest BCUT2D eigenvalue weighted by Crippen LogP contribution is 2.10. The van der Waals surface area contributed by atoms with Gasteiger partial charge in [0.1, 0.15) is 0 Å². The summed E-state index contributed by atoms with van der Waals surface area (Å²) in [4.78, 5) is 0. The standard InChI is InChI=1S/C10H19N5O2S/c16-18(17,10-3-1-4-11-9-10)13-5-2-7-15-8-6-12-14-15/h6,8,10-11,13H,1-5,7,9H2. The van der Waals surface area contributed by atoms with Gasteiger partial charge in [-0.25, -0.2) is 13.1 Å². The van der Waals surface area contributed by atoms with Crippen molar-refractivity contribution in [3.8, 4) is 0 Å². The van der Waals surface area contributed by atoms with Gasteiger partial charge >= 0.3 is 0 Å². The fourth-order valence-electron chi connectivity index (χ4n) is 2.01. The zero-order valence-electron chi connectivity index (χ0n) is 10.2. The number of rotatable bonds is 6. The molecule has 0 aliphatic carbocycles. The van der Waals surface area contributed by atoms with Gasteiger partial charge in [-0.05, 0) is 25.8 Å². The zero-order valence-corrected chi connectivity index (χ0v) is 11.1. The molecule has 0 radical (unpaired) electrons. The molecule has 1 saturated heterocycles. The minimum atomic E-state index is -3.18. The van der Waals surface area contributed by atoms with Gasteiger partial charge in [-0.15, -0.1) is 5.10 Å². The van der Waals surface area contributed by atoms with Crippen molar-refractivity contribution in [3.05, 3.63) is 12.4 Å². The number of hydrogen-bond acceptors (Lipinski definition) is 5. The second-order valence-electron chi connectivity index (χ2n) is 4.43. The van der Waals surface area contributed by atoms with Gasteiger partial charge in [0.25, 0.3) is 0 Å². The van der Waals surface area contributed by atoms with E-state index in [9.17, 15) is 8.42 Å². The number of aromatic nitrogens is 3. The Labute approximate surface area is 107 Å². The molecule has 1 aliphatic rings. The molecule has 7 nitrogen and oxygen atoms in total. The summed E-state index contributed by atoms with van der Waals surface area (Å²) in [5, 5.41) is 10.3. The molecular weight excluding hydrogens is 254 g/mol. The van der Waals surface area contributed by atoms with Crippen molar-refractivity contribution in [2.75, 3.05) is 19.6 Å². The summed E-state index contributed by atoms with van der Waals surface area (Å²) in [6, 6.07) is 0. The van der Waals surface area contributed by atoms with Gasteiger partial charge in [0.05, 0.1) is 11.4 Å². The van der Waals surface area contributed by atoms with Crippen molar-refractivity contribution >= 4 is 10.0 Å². The SMILES string of the molecule is O=S(=O)(NCCCn1ccnn1)C1CCCNC1. The van der Waals surface area contributed by atoms with E-state index >= 15 is 0 Å². The lowest BCUT2D eigenvalue weighted by Crippen LogP contribution is -2.44. The predicted octanol–water partition coefficient (Wildman–Crippen LogP) is -0.660. The van der Waals surface area contributed by atoms with Crippen LogP contribution in [0, 0.1) is 0 Å². The Kier molecular flexibility index (Phi) is 4.67. The Hall–Kier alpha value is -0.990. The van der Waals surface area contributed by atoms with Crippen molar-refractivity contribution in [1.29, 1.82) is 0 Å². The Morgan fingerprint density at radius 2 is 2.39 bits per heavy atom. The topological polar surface area (TPSA) is 88.9 Å². The minimum absolute atomic E-state index is 0.294. The normalized spacial score (nSPS) is 21.0. The maximum absolute atomic E-state index is 12.0. The average molecular weight is 273 g/mol. The first-order valence-corrected chi connectivity index (χ1v) is 7.76. The maximum Gasteiger partial charge on any atom is 0.215 e. The van der Waals surface area contributed by atoms with E-state index < -0.39 is 10.0 Å². The van der Waals surface area contributed by atoms with E-state index in [-0.39, 0.29) is 5.25 Å². The third-order valence-corrected chi connectivity index (χ3v) is 4.92. The average Bonchev–Trinajstić information content (AvgIpc) is 2.89. The Morgan fingerprint density at radius 1 is 1.50 bits per heavy atom. The number of piperidine rings is 1. The lowest BCUT2D eigenvalue weighted by Gasteiger charge is -2.22. The Balaban J connectivity index is 1.71. The first-order valence-electron chi connectivity index (χ1n) is 6.22. The van der Waals surface area contributed by atoms with Crippen molar-refractivity contribution in [3.63, 3.8) is 0 Å². The monoisotopic (exact) mass is 273 g/mol. The van der Waals surface area contributed by atoms with Gasteiger partial charge in [0.15, 0.2) is 0 Å². The summed E-state index contributed by atoms with van der Waals surface area (Å²) in [7, 11) is -3.18. The molecule has 0 saturated carbocycles. The van der Waals surface area contributed by atoms with Gasteiger partial charge in [-0.1, -0.05) is 5.21 Å². The molecule has 1 aromatic heterocycles. The lowest BCUT2D eigenvalue weighted by atomic mass is 10.2. The van der Waals surface area contributed by atoms with E-state index in [0.717, 1.165) is 19.4 Å². The van der Waals surface area contributed by atoms with Crippen LogP contribution in [-0.4, -0.2) is 48.3 Å². The summed E-state index contributed by atoms with van der Waals surface area (Å²) >= 11 is 0. The summed E-state index contributed by atoms with van der Waals surface area (Å²) in [6.45, 7) is 2.58. The molecule has 1 unspecified atom stereocenters. The van der Waals surface area contributed by atoms with Crippen LogP contribution in [0.4, 0.5) is 0 Å². The van der Waals surface area contributed by atoms with E-state index in [2.05, 4.69) is 20.4 Å². The third-order valence-electron chi connectivity index (χ3n) is 3.03. The summed E-state index contributed by atoms with van der Waals surface area (Å²) in [5.41, 5.74) is 0. The van der Waals surface area contributed by atoms with Crippen LogP contribution in [0.5, 0.6) is 0 Å². The van der Waals surface area contributed by atoms with Crippen molar-refractivity contribution < 1.29 is 8.42 Å². The van der Waals surface area contributed by atoms with E-state index in [1.807, 2.05) is 0 Å². The van der Waals surface area contributed by atoms with Crippen LogP contribution in [0.1, 0.15) is 19.3 Å². The maximum atomic E-state index is 12.0. The summed E-state index contributed by atoms with van der Waals surface area (Å²) in [5.74, 6) is 0. The summed E-state index contributed by atoms with van der Waals surface area (Å²) in [6.07, 6.45) is 5.75. The number of aryl methyl sites for hydroxylation is 1. The van der Waals surface area contributed by atoms with Gasteiger partial charge < -0.3 is 5.32 Å². The highest BCUT2D eigenvalue weighted by atomic mass is 32.2. The molecular formula is C10H19N5O2S. The molecule has 1 atom stereocenters. The smallest absolute Gasteiger partial charge is 0.215 e. The molecule has 2 N–H and O–H groups in total. The predicted molar refractivity (Wildman–Crippen MR) is 67.5 cm³/mol. The number of sulfonamides is 1. The van der Waals surface area contributed by atoms with Crippen molar-refractivity contribution in [2.45, 2.75) is 31.1 Å². The molecule has 1 aromatic rings. The summed E-state index contributed by atoms with van der Waals surface area (Å²) < 4.78 is 28.3. The zero-order chi connectivity index (χ0) is 12.8. The van der Waals surface area contributed by atoms with Crippen molar-refractivity contribution in [2.24, 2.45) is 0 Å². The third kappa shape index (κ3) is 3.76. The molecule has 2 rings (SSSR count). The fraction of sp³-hybridized carbons (Fsp3) is 0.800. The molecule has 1 aliphatic heterocycles. The number of nitrogens with one attached hydrogen (secondary N) is 2. The van der Waals surface area contributed by atoms with E-state index in [0.29, 0.717) is 26.1 Å². The van der Waals surface area contributed by atoms with E-state index in [1.54, 1.807) is 17.1 Å². The van der Waals surface area contributed by atoms with E-state index in [4.69, 9.17) is 0 Å². The van der Waals surface area contributed by atoms with Gasteiger partial charge in [0.2, 0.25) is 10.0 Å². The lowest BCUT2D eigenvalue weighted by molar-refractivity contribution is 0.486. The van der Waals surface area contributed by atoms with Crippen LogP contribution in [0.3, 0.4) is 0 Å². The second kappa shape index (κ2) is 6.26. The molecule has 8 heteroatoms. The van der Waals surface area contributed by atoms with Crippen LogP contribution in [0.25, 0.3) is 0 Å². The minimum Gasteiger partial charge on any atom is -0.315 e. The molecule has 18 heavy (non-hydrogen) atoms. The molecule has 2 heterocycles. The number of nitrogens with zero attached hydrogens (tertiary/aromatic N) is 3. The quantitative estimate of drug-likeness (QED) is 0.672. The Bertz CT molecular complexity index is 439. The fourth-order valence-corrected chi connectivity index (χ4v) is 3.49. The highest BCUT2D eigenvalue weighted by Gasteiger charge is 2.26. The number of hydrogen-bond donors (Lipinski definition) is 2. The van der Waals surface area contributed by atoms with Crippen LogP contribution in [-0.2, 0) is 16.6 Å². The van der Waals surface area contributed by atoms with Gasteiger partial charge in [-0.3, -0.25) is 4.68 Å². The first-order chi connectivity index (χ1) is 8.68. The van der Waals surface area contributed by atoms with E-state index in [1.165, 1.54) is 0 Å². The van der Waals surface area contributed by atoms with Gasteiger partial charge in [0, 0.05) is 25.8 Å². The van der Waals surface area contributed by atoms with Crippen LogP contribution >= 0.6 is 0 Å². The molecule has 0 spiro atoms. The molecule has 0 bridgehead atoms. The Morgan fingerprint density at radius 3 is 3.06 bits per heavy atom. The van der Waals surface area contributed by atoms with Crippen LogP contribution < -0.4 is 10.0 Å².